The number of carbonyl (C=O) groups excluding carboxylic acids is 1. The van der Waals surface area contributed by atoms with E-state index in [1.54, 1.807) is 13.0 Å². The lowest BCUT2D eigenvalue weighted by atomic mass is 9.89. The van der Waals surface area contributed by atoms with E-state index in [1.807, 2.05) is 6.92 Å². The summed E-state index contributed by atoms with van der Waals surface area (Å²) in [7, 11) is 0. The Morgan fingerprint density at radius 1 is 1.38 bits per heavy atom. The van der Waals surface area contributed by atoms with Crippen molar-refractivity contribution in [3.05, 3.63) is 29.3 Å². The molecule has 0 radical (unpaired) electrons. The molecule has 1 aromatic carbocycles. The van der Waals surface area contributed by atoms with E-state index in [1.165, 1.54) is 12.1 Å². The minimum Gasteiger partial charge on any atom is -0.478 e. The number of carbonyl (C=O) groups is 2. The number of ether oxygens (including phenoxy) is 1. The summed E-state index contributed by atoms with van der Waals surface area (Å²) in [5.41, 5.74) is 1.53. The Morgan fingerprint density at radius 2 is 2.10 bits per heavy atom. The summed E-state index contributed by atoms with van der Waals surface area (Å²) < 4.78 is 5.44. The molecule has 114 valence electrons. The third-order valence-electron chi connectivity index (χ3n) is 3.55. The van der Waals surface area contributed by atoms with Crippen LogP contribution in [-0.2, 0) is 4.74 Å². The molecule has 2 rings (SSSR count). The minimum absolute atomic E-state index is 0.139. The number of aromatic carboxylic acids is 1. The number of nitrogens with one attached hydrogen (secondary N) is 2. The molecule has 0 aliphatic heterocycles. The highest BCUT2D eigenvalue weighted by Crippen LogP contribution is 2.23. The van der Waals surface area contributed by atoms with Gasteiger partial charge in [-0.25, -0.2) is 9.59 Å². The van der Waals surface area contributed by atoms with Gasteiger partial charge in [-0.2, -0.15) is 0 Å². The van der Waals surface area contributed by atoms with Gasteiger partial charge < -0.3 is 20.5 Å². The van der Waals surface area contributed by atoms with Crippen LogP contribution in [0.5, 0.6) is 0 Å². The van der Waals surface area contributed by atoms with Crippen LogP contribution in [0, 0.1) is 6.92 Å². The average Bonchev–Trinajstić information content (AvgIpc) is 2.38. The maximum atomic E-state index is 11.9. The van der Waals surface area contributed by atoms with Crippen molar-refractivity contribution in [1.29, 1.82) is 0 Å². The third-order valence-corrected chi connectivity index (χ3v) is 3.55. The molecular formula is C15H20N2O4. The molecule has 1 aliphatic rings. The minimum atomic E-state index is -0.981. The van der Waals surface area contributed by atoms with Gasteiger partial charge in [0.1, 0.15) is 0 Å². The highest BCUT2D eigenvalue weighted by molar-refractivity contribution is 5.92. The van der Waals surface area contributed by atoms with Gasteiger partial charge in [-0.15, -0.1) is 0 Å². The number of amides is 2. The van der Waals surface area contributed by atoms with Crippen LogP contribution in [0.1, 0.15) is 35.7 Å². The summed E-state index contributed by atoms with van der Waals surface area (Å²) in [6.07, 6.45) is 1.91. The van der Waals surface area contributed by atoms with Crippen molar-refractivity contribution in [3.8, 4) is 0 Å². The first kappa shape index (κ1) is 15.3. The van der Waals surface area contributed by atoms with Crippen molar-refractivity contribution < 1.29 is 19.4 Å². The predicted molar refractivity (Wildman–Crippen MR) is 78.7 cm³/mol. The van der Waals surface area contributed by atoms with Gasteiger partial charge in [-0.1, -0.05) is 0 Å². The van der Waals surface area contributed by atoms with E-state index in [0.29, 0.717) is 17.9 Å². The molecule has 0 bridgehead atoms. The molecule has 0 spiro atoms. The Morgan fingerprint density at radius 3 is 2.67 bits per heavy atom. The van der Waals surface area contributed by atoms with Crippen LogP contribution in [0.25, 0.3) is 0 Å². The van der Waals surface area contributed by atoms with Gasteiger partial charge in [0.25, 0.3) is 0 Å². The fraction of sp³-hybridized carbons (Fsp3) is 0.467. The van der Waals surface area contributed by atoms with Gasteiger partial charge in [0.2, 0.25) is 0 Å². The molecule has 0 atom stereocenters. The van der Waals surface area contributed by atoms with Crippen molar-refractivity contribution in [2.24, 2.45) is 0 Å². The summed E-state index contributed by atoms with van der Waals surface area (Å²) in [5.74, 6) is -0.981. The molecule has 1 saturated carbocycles. The predicted octanol–water partition coefficient (Wildman–Crippen LogP) is 2.38. The van der Waals surface area contributed by atoms with Gasteiger partial charge >= 0.3 is 12.0 Å². The number of hydrogen-bond donors (Lipinski definition) is 3. The molecule has 21 heavy (non-hydrogen) atoms. The van der Waals surface area contributed by atoms with E-state index in [9.17, 15) is 9.59 Å². The number of aryl methyl sites for hydroxylation is 1. The van der Waals surface area contributed by atoms with Gasteiger partial charge in [0.15, 0.2) is 0 Å². The molecule has 3 N–H and O–H groups in total. The first-order chi connectivity index (χ1) is 9.99. The number of hydrogen-bond acceptors (Lipinski definition) is 3. The average molecular weight is 292 g/mol. The summed E-state index contributed by atoms with van der Waals surface area (Å²) in [4.78, 5) is 22.7. The number of carboxylic acid groups (broad SMARTS) is 1. The zero-order chi connectivity index (χ0) is 15.4. The number of rotatable bonds is 5. The first-order valence-electron chi connectivity index (χ1n) is 7.02. The quantitative estimate of drug-likeness (QED) is 0.777. The van der Waals surface area contributed by atoms with Crippen molar-refractivity contribution >= 4 is 17.7 Å². The second kappa shape index (κ2) is 6.58. The lowest BCUT2D eigenvalue weighted by molar-refractivity contribution is -0.00673. The second-order valence-corrected chi connectivity index (χ2v) is 5.18. The number of anilines is 1. The maximum Gasteiger partial charge on any atom is 0.335 e. The first-order valence-corrected chi connectivity index (χ1v) is 7.02. The lowest BCUT2D eigenvalue weighted by Gasteiger charge is -2.35. The zero-order valence-corrected chi connectivity index (χ0v) is 12.2. The molecule has 2 amide bonds. The smallest absolute Gasteiger partial charge is 0.335 e. The standard InChI is InChI=1S/C15H20N2O4/c1-3-21-12-7-11(8-12)16-15(20)17-13-5-4-10(14(18)19)6-9(13)2/h4-6,11-12H,3,7-8H2,1-2H3,(H,18,19)(H2,16,17,20). The number of carboxylic acids is 1. The molecule has 1 aliphatic carbocycles. The zero-order valence-electron chi connectivity index (χ0n) is 12.2. The molecule has 0 unspecified atom stereocenters. The second-order valence-electron chi connectivity index (χ2n) is 5.18. The van der Waals surface area contributed by atoms with Gasteiger partial charge in [0, 0.05) is 18.3 Å². The summed E-state index contributed by atoms with van der Waals surface area (Å²) in [6.45, 7) is 4.41. The van der Waals surface area contributed by atoms with Crippen molar-refractivity contribution in [2.45, 2.75) is 38.8 Å². The normalized spacial score (nSPS) is 20.5. The van der Waals surface area contributed by atoms with Crippen LogP contribution in [0.15, 0.2) is 18.2 Å². The van der Waals surface area contributed by atoms with Gasteiger partial charge in [0.05, 0.1) is 11.7 Å². The number of benzene rings is 1. The highest BCUT2D eigenvalue weighted by atomic mass is 16.5. The van der Waals surface area contributed by atoms with Crippen molar-refractivity contribution in [3.63, 3.8) is 0 Å². The molecule has 6 heteroatoms. The Kier molecular flexibility index (Phi) is 4.80. The maximum absolute atomic E-state index is 11.9. The van der Waals surface area contributed by atoms with E-state index < -0.39 is 5.97 Å². The Balaban J connectivity index is 1.85. The van der Waals surface area contributed by atoms with Gasteiger partial charge in [-0.05, 0) is 50.5 Å². The summed E-state index contributed by atoms with van der Waals surface area (Å²) >= 11 is 0. The fourth-order valence-corrected chi connectivity index (χ4v) is 2.34. The third kappa shape index (κ3) is 3.95. The van der Waals surface area contributed by atoms with E-state index in [0.717, 1.165) is 12.8 Å². The van der Waals surface area contributed by atoms with E-state index >= 15 is 0 Å². The van der Waals surface area contributed by atoms with Crippen LogP contribution < -0.4 is 10.6 Å². The largest absolute Gasteiger partial charge is 0.478 e. The van der Waals surface area contributed by atoms with E-state index in [2.05, 4.69) is 10.6 Å². The van der Waals surface area contributed by atoms with Crippen molar-refractivity contribution in [1.82, 2.24) is 5.32 Å². The number of urea groups is 1. The SMILES string of the molecule is CCOC1CC(NC(=O)Nc2ccc(C(=O)O)cc2C)C1. The summed E-state index contributed by atoms with van der Waals surface area (Å²) in [6, 6.07) is 4.47. The van der Waals surface area contributed by atoms with Gasteiger partial charge in [-0.3, -0.25) is 0 Å². The van der Waals surface area contributed by atoms with Crippen molar-refractivity contribution in [2.75, 3.05) is 11.9 Å². The van der Waals surface area contributed by atoms with E-state index in [4.69, 9.17) is 9.84 Å². The molecule has 6 nitrogen and oxygen atoms in total. The lowest BCUT2D eigenvalue weighted by Crippen LogP contribution is -2.49. The van der Waals surface area contributed by atoms with E-state index in [-0.39, 0.29) is 23.7 Å². The Labute approximate surface area is 123 Å². The fourth-order valence-electron chi connectivity index (χ4n) is 2.34. The topological polar surface area (TPSA) is 87.7 Å². The molecule has 0 aromatic heterocycles. The van der Waals surface area contributed by atoms with Crippen LogP contribution in [0.4, 0.5) is 10.5 Å². The summed E-state index contributed by atoms with van der Waals surface area (Å²) in [5, 5.41) is 14.5. The van der Waals surface area contributed by atoms with Crippen LogP contribution >= 0.6 is 0 Å². The highest BCUT2D eigenvalue weighted by Gasteiger charge is 2.30. The monoisotopic (exact) mass is 292 g/mol. The van der Waals surface area contributed by atoms with Crippen LogP contribution in [0.2, 0.25) is 0 Å². The molecule has 0 saturated heterocycles. The van der Waals surface area contributed by atoms with Crippen LogP contribution in [0.3, 0.4) is 0 Å². The molecule has 1 fully saturated rings. The molecule has 1 aromatic rings. The molecule has 0 heterocycles. The Bertz CT molecular complexity index is 538. The van der Waals surface area contributed by atoms with Crippen LogP contribution in [-0.4, -0.2) is 35.9 Å². The molecular weight excluding hydrogens is 272 g/mol. The Hall–Kier alpha value is -2.08.